The first-order valence-corrected chi connectivity index (χ1v) is 9.03. The lowest BCUT2D eigenvalue weighted by Crippen LogP contribution is -2.32. The smallest absolute Gasteiger partial charge is 0.336 e. The highest BCUT2D eigenvalue weighted by Crippen LogP contribution is 2.23. The first kappa shape index (κ1) is 29.0. The molecule has 0 aromatic rings. The molecule has 29 heavy (non-hydrogen) atoms. The predicted octanol–water partition coefficient (Wildman–Crippen LogP) is -1.52. The van der Waals surface area contributed by atoms with Gasteiger partial charge in [-0.25, -0.2) is 4.79 Å². The number of epoxide rings is 1. The number of ether oxygens (including phenoxy) is 1. The van der Waals surface area contributed by atoms with Crippen molar-refractivity contribution in [1.82, 2.24) is 14.7 Å². The SMILES string of the molecule is CC(CO)C(=O)N(C)C.CC[C@@H](O)C(=O)N(C)C.CN(C)C(=O)[C@@H]1O[C@H]1C(=O)O. The van der Waals surface area contributed by atoms with E-state index in [1.165, 1.54) is 14.7 Å². The van der Waals surface area contributed by atoms with Gasteiger partial charge in [0, 0.05) is 42.3 Å². The Hall–Kier alpha value is -2.24. The molecule has 170 valence electrons. The molecule has 4 atom stereocenters. The molecular formula is C18H35N3O8. The molecule has 3 N–H and O–H groups in total. The fraction of sp³-hybridized carbons (Fsp3) is 0.778. The maximum Gasteiger partial charge on any atom is 0.336 e. The van der Waals surface area contributed by atoms with Crippen molar-refractivity contribution in [2.75, 3.05) is 48.9 Å². The molecule has 11 heteroatoms. The van der Waals surface area contributed by atoms with Crippen molar-refractivity contribution in [3.8, 4) is 0 Å². The van der Waals surface area contributed by atoms with Gasteiger partial charge in [-0.3, -0.25) is 14.4 Å². The van der Waals surface area contributed by atoms with Crippen molar-refractivity contribution in [2.24, 2.45) is 5.92 Å². The predicted molar refractivity (Wildman–Crippen MR) is 105 cm³/mol. The zero-order valence-electron chi connectivity index (χ0n) is 18.4. The van der Waals surface area contributed by atoms with Crippen LogP contribution in [-0.4, -0.2) is 121 Å². The second-order valence-corrected chi connectivity index (χ2v) is 7.02. The molecule has 1 saturated heterocycles. The summed E-state index contributed by atoms with van der Waals surface area (Å²) in [5.74, 6) is -1.89. The first-order chi connectivity index (χ1) is 13.2. The van der Waals surface area contributed by atoms with Gasteiger partial charge in [0.25, 0.3) is 11.8 Å². The summed E-state index contributed by atoms with van der Waals surface area (Å²) in [6, 6.07) is 0. The van der Waals surface area contributed by atoms with E-state index in [1.807, 2.05) is 0 Å². The third-order valence-electron chi connectivity index (χ3n) is 3.67. The van der Waals surface area contributed by atoms with Gasteiger partial charge in [0.2, 0.25) is 5.91 Å². The minimum Gasteiger partial charge on any atom is -0.479 e. The third kappa shape index (κ3) is 11.4. The van der Waals surface area contributed by atoms with E-state index >= 15 is 0 Å². The minimum absolute atomic E-state index is 0.0301. The van der Waals surface area contributed by atoms with E-state index in [1.54, 1.807) is 56.1 Å². The van der Waals surface area contributed by atoms with Gasteiger partial charge in [-0.15, -0.1) is 0 Å². The van der Waals surface area contributed by atoms with E-state index in [4.69, 9.17) is 15.3 Å². The average Bonchev–Trinajstić information content (AvgIpc) is 3.46. The van der Waals surface area contributed by atoms with Crippen LogP contribution in [-0.2, 0) is 23.9 Å². The Morgan fingerprint density at radius 1 is 0.897 bits per heavy atom. The van der Waals surface area contributed by atoms with Gasteiger partial charge in [0.15, 0.2) is 12.2 Å². The lowest BCUT2D eigenvalue weighted by atomic mass is 10.2. The summed E-state index contributed by atoms with van der Waals surface area (Å²) < 4.78 is 4.61. The zero-order chi connectivity index (χ0) is 23.5. The van der Waals surface area contributed by atoms with E-state index in [9.17, 15) is 19.2 Å². The Bertz CT molecular complexity index is 525. The second-order valence-electron chi connectivity index (χ2n) is 7.02. The maximum absolute atomic E-state index is 11.0. The van der Waals surface area contributed by atoms with Gasteiger partial charge in [0.1, 0.15) is 6.10 Å². The van der Waals surface area contributed by atoms with Crippen LogP contribution in [0.2, 0.25) is 0 Å². The number of aliphatic hydroxyl groups is 2. The Morgan fingerprint density at radius 3 is 1.52 bits per heavy atom. The summed E-state index contributed by atoms with van der Waals surface area (Å²) in [4.78, 5) is 46.9. The molecule has 0 bridgehead atoms. The monoisotopic (exact) mass is 421 g/mol. The molecule has 3 amide bonds. The van der Waals surface area contributed by atoms with E-state index in [0.717, 1.165) is 0 Å². The van der Waals surface area contributed by atoms with Crippen LogP contribution in [0.25, 0.3) is 0 Å². The number of carbonyl (C=O) groups excluding carboxylic acids is 3. The highest BCUT2D eigenvalue weighted by atomic mass is 16.6. The lowest BCUT2D eigenvalue weighted by molar-refractivity contribution is -0.139. The lowest BCUT2D eigenvalue weighted by Gasteiger charge is -2.13. The summed E-state index contributed by atoms with van der Waals surface area (Å²) >= 11 is 0. The molecule has 1 rings (SSSR count). The number of carboxylic acids is 1. The topological polar surface area (TPSA) is 151 Å². The standard InChI is InChI=1S/C6H9NO4.2C6H13NO2/c1-7(2)5(8)3-4(11-3)6(9)10;1-5(4-8)6(9)7(2)3;1-4-5(8)6(9)7(2)3/h3-4H,1-2H3,(H,9,10);2*5,8H,4H2,1-3H3/t3-,4-;;5-/m1.1/s1. The molecule has 0 spiro atoms. The highest BCUT2D eigenvalue weighted by molar-refractivity contribution is 5.91. The summed E-state index contributed by atoms with van der Waals surface area (Å²) in [6.45, 7) is 3.39. The molecule has 11 nitrogen and oxygen atoms in total. The summed E-state index contributed by atoms with van der Waals surface area (Å²) in [7, 11) is 9.72. The van der Waals surface area contributed by atoms with Gasteiger partial charge >= 0.3 is 5.97 Å². The molecular weight excluding hydrogens is 386 g/mol. The normalized spacial score (nSPS) is 18.6. The largest absolute Gasteiger partial charge is 0.479 e. The van der Waals surface area contributed by atoms with Crippen LogP contribution >= 0.6 is 0 Å². The molecule has 0 aromatic heterocycles. The summed E-state index contributed by atoms with van der Waals surface area (Å²) in [6.07, 6.45) is -2.02. The van der Waals surface area contributed by atoms with Crippen LogP contribution in [0.5, 0.6) is 0 Å². The number of nitrogens with zero attached hydrogens (tertiary/aromatic N) is 3. The van der Waals surface area contributed by atoms with Crippen molar-refractivity contribution in [3.63, 3.8) is 0 Å². The van der Waals surface area contributed by atoms with Gasteiger partial charge in [-0.2, -0.15) is 0 Å². The molecule has 0 aromatic carbocycles. The molecule has 1 aliphatic rings. The van der Waals surface area contributed by atoms with Gasteiger partial charge < -0.3 is 34.8 Å². The van der Waals surface area contributed by atoms with Crippen LogP contribution in [0.3, 0.4) is 0 Å². The average molecular weight is 421 g/mol. The highest BCUT2D eigenvalue weighted by Gasteiger charge is 2.51. The van der Waals surface area contributed by atoms with Crippen LogP contribution < -0.4 is 0 Å². The van der Waals surface area contributed by atoms with Gasteiger partial charge in [-0.05, 0) is 6.42 Å². The van der Waals surface area contributed by atoms with Crippen molar-refractivity contribution in [3.05, 3.63) is 0 Å². The molecule has 0 saturated carbocycles. The Labute approximate surface area is 171 Å². The Morgan fingerprint density at radius 2 is 1.34 bits per heavy atom. The van der Waals surface area contributed by atoms with Crippen LogP contribution in [0.4, 0.5) is 0 Å². The van der Waals surface area contributed by atoms with Crippen molar-refractivity contribution < 1.29 is 39.2 Å². The number of carboxylic acid groups (broad SMARTS) is 1. The number of amides is 3. The quantitative estimate of drug-likeness (QED) is 0.437. The molecule has 1 fully saturated rings. The van der Waals surface area contributed by atoms with E-state index < -0.39 is 24.3 Å². The summed E-state index contributed by atoms with van der Waals surface area (Å²) in [5, 5.41) is 25.8. The van der Waals surface area contributed by atoms with Gasteiger partial charge in [0.05, 0.1) is 12.5 Å². The van der Waals surface area contributed by atoms with Crippen molar-refractivity contribution in [1.29, 1.82) is 0 Å². The Balaban J connectivity index is 0. The number of hydrogen-bond donors (Lipinski definition) is 3. The fourth-order valence-electron chi connectivity index (χ4n) is 1.73. The maximum atomic E-state index is 11.0. The summed E-state index contributed by atoms with van der Waals surface area (Å²) in [5.41, 5.74) is 0. The number of aliphatic hydroxyl groups excluding tert-OH is 2. The van der Waals surface area contributed by atoms with E-state index in [2.05, 4.69) is 4.74 Å². The number of carbonyl (C=O) groups is 4. The number of likely N-dealkylation sites (N-methyl/N-ethyl adjacent to an activating group) is 2. The van der Waals surface area contributed by atoms with Crippen LogP contribution in [0, 0.1) is 5.92 Å². The third-order valence-corrected chi connectivity index (χ3v) is 3.67. The van der Waals surface area contributed by atoms with E-state index in [0.29, 0.717) is 6.42 Å². The van der Waals surface area contributed by atoms with Gasteiger partial charge in [-0.1, -0.05) is 13.8 Å². The molecule has 0 radical (unpaired) electrons. The Kier molecular flexibility index (Phi) is 13.8. The number of aliphatic carboxylic acids is 1. The fourth-order valence-corrected chi connectivity index (χ4v) is 1.73. The first-order valence-electron chi connectivity index (χ1n) is 9.03. The van der Waals surface area contributed by atoms with Crippen LogP contribution in [0.15, 0.2) is 0 Å². The van der Waals surface area contributed by atoms with Crippen LogP contribution in [0.1, 0.15) is 20.3 Å². The van der Waals surface area contributed by atoms with Crippen molar-refractivity contribution >= 4 is 23.7 Å². The molecule has 1 unspecified atom stereocenters. The number of hydrogen-bond acceptors (Lipinski definition) is 7. The number of rotatable bonds is 6. The second kappa shape index (κ2) is 13.9. The van der Waals surface area contributed by atoms with E-state index in [-0.39, 0.29) is 30.2 Å². The zero-order valence-corrected chi connectivity index (χ0v) is 18.4. The molecule has 0 aliphatic carbocycles. The van der Waals surface area contributed by atoms with Crippen molar-refractivity contribution in [2.45, 2.75) is 38.6 Å². The molecule has 1 aliphatic heterocycles. The molecule has 1 heterocycles. The minimum atomic E-state index is -1.08.